The highest BCUT2D eigenvalue weighted by Gasteiger charge is 2.32. The molecule has 102 valence electrons. The number of anilines is 2. The normalized spacial score (nSPS) is 23.4. The van der Waals surface area contributed by atoms with Crippen molar-refractivity contribution >= 4 is 34.3 Å². The molecule has 1 aliphatic heterocycles. The van der Waals surface area contributed by atoms with E-state index >= 15 is 0 Å². The number of nitrogens with one attached hydrogen (secondary N) is 1. The van der Waals surface area contributed by atoms with Gasteiger partial charge in [0.25, 0.3) is 0 Å². The Labute approximate surface area is 115 Å². The fourth-order valence-electron chi connectivity index (χ4n) is 2.61. The van der Waals surface area contributed by atoms with Gasteiger partial charge in [0.15, 0.2) is 5.82 Å². The average Bonchev–Trinajstić information content (AvgIpc) is 2.95. The number of H-pyrrole nitrogens is 1. The van der Waals surface area contributed by atoms with Gasteiger partial charge in [-0.1, -0.05) is 0 Å². The largest absolute Gasteiger partial charge is 0.391 e. The van der Waals surface area contributed by atoms with Gasteiger partial charge < -0.3 is 20.7 Å². The zero-order chi connectivity index (χ0) is 13.4. The van der Waals surface area contributed by atoms with Gasteiger partial charge in [-0.05, 0) is 6.26 Å². The lowest BCUT2D eigenvalue weighted by molar-refractivity contribution is 0.159. The van der Waals surface area contributed by atoms with Crippen molar-refractivity contribution < 1.29 is 5.11 Å². The standard InChI is InChI=1S/C12H17N5OS/c1-19-5-7-3-17(4-9(7)18)8-2-14-11-10(8)15-6-16-12(11)13/h2,6-7,9,14,18H,3-5H2,1H3,(H2,13,15,16)/t7-,9+/m1/s1. The van der Waals surface area contributed by atoms with Gasteiger partial charge in [0.05, 0.1) is 11.8 Å². The molecule has 0 aromatic carbocycles. The number of fused-ring (bicyclic) bond motifs is 1. The Bertz CT molecular complexity index is 587. The number of hydrogen-bond donors (Lipinski definition) is 3. The lowest BCUT2D eigenvalue weighted by Crippen LogP contribution is -2.20. The highest BCUT2D eigenvalue weighted by atomic mass is 32.2. The zero-order valence-corrected chi connectivity index (χ0v) is 11.5. The van der Waals surface area contributed by atoms with Gasteiger partial charge in [-0.2, -0.15) is 11.8 Å². The second kappa shape index (κ2) is 4.90. The Morgan fingerprint density at radius 1 is 1.53 bits per heavy atom. The predicted molar refractivity (Wildman–Crippen MR) is 78.4 cm³/mol. The van der Waals surface area contributed by atoms with Crippen LogP contribution in [0.25, 0.3) is 11.0 Å². The molecule has 2 aromatic heterocycles. The van der Waals surface area contributed by atoms with Crippen molar-refractivity contribution in [1.29, 1.82) is 0 Å². The van der Waals surface area contributed by atoms with E-state index in [1.165, 1.54) is 6.33 Å². The summed E-state index contributed by atoms with van der Waals surface area (Å²) < 4.78 is 0. The number of nitrogens with two attached hydrogens (primary N) is 1. The van der Waals surface area contributed by atoms with Crippen molar-refractivity contribution in [2.45, 2.75) is 6.10 Å². The summed E-state index contributed by atoms with van der Waals surface area (Å²) in [5.74, 6) is 1.73. The van der Waals surface area contributed by atoms with Crippen molar-refractivity contribution in [3.05, 3.63) is 12.5 Å². The molecule has 3 rings (SSSR count). The van der Waals surface area contributed by atoms with Crippen LogP contribution in [0.5, 0.6) is 0 Å². The number of β-amino-alcohol motifs (C(OH)–C–C–N with tert-alkyl or cyclic N) is 1. The summed E-state index contributed by atoms with van der Waals surface area (Å²) in [5, 5.41) is 10.1. The topological polar surface area (TPSA) is 91.1 Å². The third kappa shape index (κ3) is 2.12. The molecule has 19 heavy (non-hydrogen) atoms. The maximum atomic E-state index is 10.1. The van der Waals surface area contributed by atoms with Crippen molar-refractivity contribution in [1.82, 2.24) is 15.0 Å². The molecular weight excluding hydrogens is 262 g/mol. The van der Waals surface area contributed by atoms with Crippen molar-refractivity contribution in [3.63, 3.8) is 0 Å². The van der Waals surface area contributed by atoms with Crippen LogP contribution in [-0.2, 0) is 0 Å². The molecule has 0 amide bonds. The van der Waals surface area contributed by atoms with Gasteiger partial charge in [-0.15, -0.1) is 0 Å². The monoisotopic (exact) mass is 279 g/mol. The van der Waals surface area contributed by atoms with Crippen LogP contribution in [0, 0.1) is 5.92 Å². The van der Waals surface area contributed by atoms with Crippen molar-refractivity contribution in [3.8, 4) is 0 Å². The molecule has 1 saturated heterocycles. The van der Waals surface area contributed by atoms with Gasteiger partial charge in [-0.25, -0.2) is 9.97 Å². The van der Waals surface area contributed by atoms with Crippen LogP contribution in [-0.4, -0.2) is 51.3 Å². The van der Waals surface area contributed by atoms with Crippen LogP contribution in [0.4, 0.5) is 11.5 Å². The lowest BCUT2D eigenvalue weighted by atomic mass is 10.1. The minimum Gasteiger partial charge on any atom is -0.391 e. The number of aliphatic hydroxyl groups excluding tert-OH is 1. The van der Waals surface area contributed by atoms with E-state index in [-0.39, 0.29) is 6.10 Å². The van der Waals surface area contributed by atoms with Gasteiger partial charge >= 0.3 is 0 Å². The molecule has 0 radical (unpaired) electrons. The SMILES string of the molecule is CSC[C@H]1CN(c2c[nH]c3c(N)ncnc23)C[C@@H]1O. The molecule has 3 heterocycles. The lowest BCUT2D eigenvalue weighted by Gasteiger charge is -2.16. The molecule has 0 saturated carbocycles. The van der Waals surface area contributed by atoms with Crippen LogP contribution in [0.3, 0.4) is 0 Å². The number of rotatable bonds is 3. The van der Waals surface area contributed by atoms with Crippen LogP contribution >= 0.6 is 11.8 Å². The Hall–Kier alpha value is -1.47. The highest BCUT2D eigenvalue weighted by Crippen LogP contribution is 2.31. The first-order valence-electron chi connectivity index (χ1n) is 6.20. The maximum absolute atomic E-state index is 10.1. The number of aliphatic hydroxyl groups is 1. The second-order valence-electron chi connectivity index (χ2n) is 4.84. The summed E-state index contributed by atoms with van der Waals surface area (Å²) in [6.45, 7) is 1.49. The third-order valence-electron chi connectivity index (χ3n) is 3.60. The maximum Gasteiger partial charge on any atom is 0.151 e. The summed E-state index contributed by atoms with van der Waals surface area (Å²) in [6.07, 6.45) is 5.15. The van der Waals surface area contributed by atoms with Crippen molar-refractivity contribution in [2.75, 3.05) is 35.7 Å². The van der Waals surface area contributed by atoms with E-state index in [4.69, 9.17) is 5.73 Å². The summed E-state index contributed by atoms with van der Waals surface area (Å²) in [5.41, 5.74) is 8.40. The number of hydrogen-bond acceptors (Lipinski definition) is 6. The van der Waals surface area contributed by atoms with E-state index in [1.54, 1.807) is 11.8 Å². The summed E-state index contributed by atoms with van der Waals surface area (Å²) in [4.78, 5) is 13.5. The predicted octanol–water partition coefficient (Wildman–Crippen LogP) is 0.700. The van der Waals surface area contributed by atoms with Gasteiger partial charge in [0, 0.05) is 31.0 Å². The molecule has 4 N–H and O–H groups in total. The first kappa shape index (κ1) is 12.6. The fourth-order valence-corrected chi connectivity index (χ4v) is 3.37. The summed E-state index contributed by atoms with van der Waals surface area (Å²) >= 11 is 1.77. The number of nitrogens with zero attached hydrogens (tertiary/aromatic N) is 3. The smallest absolute Gasteiger partial charge is 0.151 e. The Morgan fingerprint density at radius 2 is 2.37 bits per heavy atom. The number of nitrogen functional groups attached to an aromatic ring is 1. The van der Waals surface area contributed by atoms with Crippen LogP contribution < -0.4 is 10.6 Å². The van der Waals surface area contributed by atoms with Crippen LogP contribution in [0.1, 0.15) is 0 Å². The average molecular weight is 279 g/mol. The Kier molecular flexibility index (Phi) is 3.24. The zero-order valence-electron chi connectivity index (χ0n) is 10.7. The third-order valence-corrected chi connectivity index (χ3v) is 4.36. The van der Waals surface area contributed by atoms with Gasteiger partial charge in [0.1, 0.15) is 17.4 Å². The van der Waals surface area contributed by atoms with E-state index in [0.29, 0.717) is 18.3 Å². The first-order valence-corrected chi connectivity index (χ1v) is 7.59. The Morgan fingerprint density at radius 3 is 3.16 bits per heavy atom. The van der Waals surface area contributed by atoms with Crippen molar-refractivity contribution in [2.24, 2.45) is 5.92 Å². The molecule has 1 fully saturated rings. The molecule has 6 nitrogen and oxygen atoms in total. The van der Waals surface area contributed by atoms with E-state index in [1.807, 2.05) is 6.20 Å². The summed E-state index contributed by atoms with van der Waals surface area (Å²) in [6, 6.07) is 0. The number of aromatic nitrogens is 3. The van der Waals surface area contributed by atoms with E-state index < -0.39 is 0 Å². The molecule has 0 aliphatic carbocycles. The summed E-state index contributed by atoms with van der Waals surface area (Å²) in [7, 11) is 0. The molecular formula is C12H17N5OS. The fraction of sp³-hybridized carbons (Fsp3) is 0.500. The quantitative estimate of drug-likeness (QED) is 0.766. The van der Waals surface area contributed by atoms with Gasteiger partial charge in [0.2, 0.25) is 0 Å². The molecule has 0 spiro atoms. The minimum atomic E-state index is -0.281. The van der Waals surface area contributed by atoms with E-state index in [2.05, 4.69) is 26.1 Å². The molecule has 1 aliphatic rings. The molecule has 2 atom stereocenters. The van der Waals surface area contributed by atoms with E-state index in [0.717, 1.165) is 29.0 Å². The highest BCUT2D eigenvalue weighted by molar-refractivity contribution is 7.98. The number of thioether (sulfide) groups is 1. The minimum absolute atomic E-state index is 0.281. The van der Waals surface area contributed by atoms with E-state index in [9.17, 15) is 5.11 Å². The first-order chi connectivity index (χ1) is 9.20. The van der Waals surface area contributed by atoms with Crippen LogP contribution in [0.2, 0.25) is 0 Å². The number of aromatic amines is 1. The molecule has 7 heteroatoms. The molecule has 2 aromatic rings. The van der Waals surface area contributed by atoms with Gasteiger partial charge in [-0.3, -0.25) is 0 Å². The Balaban J connectivity index is 1.91. The van der Waals surface area contributed by atoms with Crippen LogP contribution in [0.15, 0.2) is 12.5 Å². The molecule has 0 bridgehead atoms. The second-order valence-corrected chi connectivity index (χ2v) is 5.75. The molecule has 0 unspecified atom stereocenters.